The molecule has 0 spiro atoms. The SMILES string of the molecule is NC(=O)[C@H](Cc1ccccc1)NC(=O)[C@@H]1CCCN1C(=O)[C@@H]([NH3+])Cc1ccc(O)cc1. The van der Waals surface area contributed by atoms with Crippen molar-refractivity contribution in [2.45, 2.75) is 43.8 Å². The number of nitrogens with zero attached hydrogens (tertiary/aromatic N) is 1. The van der Waals surface area contributed by atoms with Crippen LogP contribution in [0.5, 0.6) is 5.75 Å². The Kier molecular flexibility index (Phi) is 7.25. The van der Waals surface area contributed by atoms with Crippen molar-refractivity contribution in [1.82, 2.24) is 10.2 Å². The van der Waals surface area contributed by atoms with Crippen molar-refractivity contribution < 1.29 is 25.2 Å². The molecule has 1 aliphatic rings. The molecule has 3 atom stereocenters. The number of primary amides is 1. The van der Waals surface area contributed by atoms with E-state index in [0.717, 1.165) is 11.1 Å². The van der Waals surface area contributed by atoms with Crippen LogP contribution in [0, 0.1) is 0 Å². The third kappa shape index (κ3) is 5.82. The van der Waals surface area contributed by atoms with Gasteiger partial charge in [0, 0.05) is 19.4 Å². The minimum atomic E-state index is -0.847. The van der Waals surface area contributed by atoms with E-state index in [1.54, 1.807) is 29.2 Å². The predicted octanol–water partition coefficient (Wildman–Crippen LogP) is -0.251. The monoisotopic (exact) mass is 425 g/mol. The number of nitrogens with two attached hydrogens (primary N) is 1. The van der Waals surface area contributed by atoms with Crippen LogP contribution in [0.25, 0.3) is 0 Å². The van der Waals surface area contributed by atoms with Gasteiger partial charge in [-0.2, -0.15) is 0 Å². The number of amides is 3. The van der Waals surface area contributed by atoms with E-state index in [-0.39, 0.29) is 17.6 Å². The quantitative estimate of drug-likeness (QED) is 0.463. The first-order valence-electron chi connectivity index (χ1n) is 10.4. The number of likely N-dealkylation sites (tertiary alicyclic amines) is 1. The molecule has 0 saturated carbocycles. The van der Waals surface area contributed by atoms with Gasteiger partial charge in [-0.25, -0.2) is 0 Å². The zero-order valence-electron chi connectivity index (χ0n) is 17.4. The summed E-state index contributed by atoms with van der Waals surface area (Å²) in [4.78, 5) is 39.4. The van der Waals surface area contributed by atoms with Crippen LogP contribution in [-0.2, 0) is 27.2 Å². The highest BCUT2D eigenvalue weighted by Crippen LogP contribution is 2.20. The second-order valence-electron chi connectivity index (χ2n) is 7.91. The highest BCUT2D eigenvalue weighted by atomic mass is 16.3. The molecule has 8 nitrogen and oxygen atoms in total. The summed E-state index contributed by atoms with van der Waals surface area (Å²) in [7, 11) is 0. The Labute approximate surface area is 181 Å². The number of phenols is 1. The van der Waals surface area contributed by atoms with Gasteiger partial charge in [0.1, 0.15) is 17.8 Å². The molecule has 0 radical (unpaired) electrons. The summed E-state index contributed by atoms with van der Waals surface area (Å²) in [5, 5.41) is 12.1. The van der Waals surface area contributed by atoms with E-state index >= 15 is 0 Å². The van der Waals surface area contributed by atoms with E-state index in [1.165, 1.54) is 0 Å². The minimum Gasteiger partial charge on any atom is -0.508 e. The Morgan fingerprint density at radius 1 is 1.06 bits per heavy atom. The van der Waals surface area contributed by atoms with Gasteiger partial charge in [-0.15, -0.1) is 0 Å². The van der Waals surface area contributed by atoms with E-state index in [0.29, 0.717) is 32.2 Å². The van der Waals surface area contributed by atoms with Gasteiger partial charge in [0.05, 0.1) is 0 Å². The first-order valence-corrected chi connectivity index (χ1v) is 10.4. The predicted molar refractivity (Wildman–Crippen MR) is 114 cm³/mol. The molecule has 2 aromatic rings. The number of nitrogens with one attached hydrogen (secondary N) is 1. The molecule has 31 heavy (non-hydrogen) atoms. The second kappa shape index (κ2) is 10.1. The van der Waals surface area contributed by atoms with Crippen molar-refractivity contribution in [2.75, 3.05) is 6.54 Å². The van der Waals surface area contributed by atoms with Gasteiger partial charge >= 0.3 is 0 Å². The Balaban J connectivity index is 1.63. The zero-order valence-corrected chi connectivity index (χ0v) is 17.4. The highest BCUT2D eigenvalue weighted by Gasteiger charge is 2.38. The van der Waals surface area contributed by atoms with Crippen molar-refractivity contribution >= 4 is 17.7 Å². The van der Waals surface area contributed by atoms with Gasteiger partial charge in [0.25, 0.3) is 5.91 Å². The summed E-state index contributed by atoms with van der Waals surface area (Å²) in [5.74, 6) is -1.03. The van der Waals surface area contributed by atoms with Gasteiger partial charge in [0.2, 0.25) is 11.8 Å². The minimum absolute atomic E-state index is 0.159. The van der Waals surface area contributed by atoms with Crippen LogP contribution in [0.4, 0.5) is 0 Å². The van der Waals surface area contributed by atoms with E-state index < -0.39 is 24.0 Å². The summed E-state index contributed by atoms with van der Waals surface area (Å²) < 4.78 is 0. The first kappa shape index (κ1) is 22.3. The number of phenolic OH excluding ortho intramolecular Hbond substituents is 1. The summed E-state index contributed by atoms with van der Waals surface area (Å²) in [5.41, 5.74) is 11.3. The molecule has 1 saturated heterocycles. The Morgan fingerprint density at radius 3 is 2.35 bits per heavy atom. The normalized spacial score (nSPS) is 17.7. The molecule has 0 aromatic heterocycles. The zero-order chi connectivity index (χ0) is 22.4. The van der Waals surface area contributed by atoms with Gasteiger partial charge in [-0.1, -0.05) is 42.5 Å². The molecule has 7 N–H and O–H groups in total. The lowest BCUT2D eigenvalue weighted by molar-refractivity contribution is -0.405. The summed E-state index contributed by atoms with van der Waals surface area (Å²) in [6.45, 7) is 0.471. The molecule has 1 aliphatic heterocycles. The van der Waals surface area contributed by atoms with Crippen molar-refractivity contribution in [1.29, 1.82) is 0 Å². The number of benzene rings is 2. The molecule has 0 aliphatic carbocycles. The van der Waals surface area contributed by atoms with Gasteiger partial charge in [0.15, 0.2) is 6.04 Å². The molecule has 3 amide bonds. The maximum absolute atomic E-state index is 13.0. The van der Waals surface area contributed by atoms with Gasteiger partial charge < -0.3 is 26.8 Å². The number of carbonyl (C=O) groups excluding carboxylic acids is 3. The van der Waals surface area contributed by atoms with Crippen LogP contribution in [-0.4, -0.2) is 52.4 Å². The van der Waals surface area contributed by atoms with Gasteiger partial charge in [-0.3, -0.25) is 14.4 Å². The van der Waals surface area contributed by atoms with E-state index in [4.69, 9.17) is 5.73 Å². The van der Waals surface area contributed by atoms with Crippen LogP contribution in [0.1, 0.15) is 24.0 Å². The van der Waals surface area contributed by atoms with Crippen LogP contribution in [0.2, 0.25) is 0 Å². The summed E-state index contributed by atoms with van der Waals surface area (Å²) in [6.07, 6.45) is 1.93. The smallest absolute Gasteiger partial charge is 0.281 e. The van der Waals surface area contributed by atoms with Crippen molar-refractivity contribution in [3.05, 3.63) is 65.7 Å². The fourth-order valence-electron chi connectivity index (χ4n) is 3.88. The van der Waals surface area contributed by atoms with Crippen molar-refractivity contribution in [3.63, 3.8) is 0 Å². The van der Waals surface area contributed by atoms with E-state index in [1.807, 2.05) is 30.3 Å². The Morgan fingerprint density at radius 2 is 1.71 bits per heavy atom. The maximum atomic E-state index is 13.0. The molecule has 164 valence electrons. The summed E-state index contributed by atoms with van der Waals surface area (Å²) >= 11 is 0. The van der Waals surface area contributed by atoms with E-state index in [2.05, 4.69) is 11.1 Å². The molecular weight excluding hydrogens is 396 g/mol. The largest absolute Gasteiger partial charge is 0.508 e. The topological polar surface area (TPSA) is 140 Å². The molecule has 0 bridgehead atoms. The van der Waals surface area contributed by atoms with Crippen LogP contribution in [0.15, 0.2) is 54.6 Å². The molecular formula is C23H29N4O4+. The standard InChI is InChI=1S/C23H28N4O4/c24-18(13-16-8-10-17(28)11-9-16)23(31)27-12-4-7-20(27)22(30)26-19(21(25)29)14-15-5-2-1-3-6-15/h1-3,5-6,8-11,18-20,28H,4,7,12-14,24H2,(H2,25,29)(H,26,30)/p+1/t18-,19-,20-/m0/s1. The Bertz CT molecular complexity index is 917. The summed E-state index contributed by atoms with van der Waals surface area (Å²) in [6, 6.07) is 13.9. The first-order chi connectivity index (χ1) is 14.8. The number of hydrogen-bond donors (Lipinski definition) is 4. The average Bonchev–Trinajstić information content (AvgIpc) is 3.25. The molecule has 1 heterocycles. The Hall–Kier alpha value is -3.39. The number of hydrogen-bond acceptors (Lipinski definition) is 4. The fourth-order valence-corrected chi connectivity index (χ4v) is 3.88. The number of rotatable bonds is 8. The van der Waals surface area contributed by atoms with Crippen molar-refractivity contribution in [2.24, 2.45) is 5.73 Å². The van der Waals surface area contributed by atoms with Gasteiger partial charge in [-0.05, 0) is 36.1 Å². The van der Waals surface area contributed by atoms with E-state index in [9.17, 15) is 19.5 Å². The lowest BCUT2D eigenvalue weighted by Crippen LogP contribution is -2.69. The maximum Gasteiger partial charge on any atom is 0.281 e. The molecule has 0 unspecified atom stereocenters. The number of quaternary nitrogens is 1. The van der Waals surface area contributed by atoms with Crippen LogP contribution in [0.3, 0.4) is 0 Å². The molecule has 1 fully saturated rings. The number of carbonyl (C=O) groups is 3. The second-order valence-corrected chi connectivity index (χ2v) is 7.91. The van der Waals surface area contributed by atoms with Crippen LogP contribution >= 0.6 is 0 Å². The third-order valence-corrected chi connectivity index (χ3v) is 5.55. The van der Waals surface area contributed by atoms with Crippen molar-refractivity contribution in [3.8, 4) is 5.75 Å². The van der Waals surface area contributed by atoms with Crippen LogP contribution < -0.4 is 16.8 Å². The fraction of sp³-hybridized carbons (Fsp3) is 0.348. The highest BCUT2D eigenvalue weighted by molar-refractivity contribution is 5.93. The molecule has 3 rings (SSSR count). The molecule has 8 heteroatoms. The third-order valence-electron chi connectivity index (χ3n) is 5.55. The number of aromatic hydroxyl groups is 1. The lowest BCUT2D eigenvalue weighted by atomic mass is 10.0. The average molecular weight is 426 g/mol. The molecule has 2 aromatic carbocycles. The lowest BCUT2D eigenvalue weighted by Gasteiger charge is -2.27.